The molecule has 0 atom stereocenters. The monoisotopic (exact) mass is 714 g/mol. The third kappa shape index (κ3) is 4.56. The van der Waals surface area contributed by atoms with Gasteiger partial charge < -0.3 is 0 Å². The van der Waals surface area contributed by atoms with Crippen LogP contribution >= 0.6 is 0 Å². The molecule has 1 spiro atoms. The van der Waals surface area contributed by atoms with Crippen molar-refractivity contribution in [1.29, 1.82) is 0 Å². The molecule has 0 fully saturated rings. The first-order chi connectivity index (χ1) is 27.5. The van der Waals surface area contributed by atoms with E-state index >= 15 is 0 Å². The lowest BCUT2D eigenvalue weighted by Crippen LogP contribution is -2.40. The molecule has 0 saturated carbocycles. The predicted molar refractivity (Wildman–Crippen MR) is 231 cm³/mol. The highest BCUT2D eigenvalue weighted by Gasteiger charge is 2.53. The maximum atomic E-state index is 5.24. The van der Waals surface area contributed by atoms with Crippen molar-refractivity contribution in [2.45, 2.75) is 24.7 Å². The van der Waals surface area contributed by atoms with Gasteiger partial charge in [0, 0.05) is 22.1 Å². The van der Waals surface area contributed by atoms with Crippen LogP contribution in [0.25, 0.3) is 66.9 Å². The molecule has 2 nitrogen and oxygen atoms in total. The summed E-state index contributed by atoms with van der Waals surface area (Å²) in [6, 6.07) is 70.7. The van der Waals surface area contributed by atoms with Crippen LogP contribution in [0.3, 0.4) is 0 Å². The molecular weight excluding hydrogens is 677 g/mol. The number of benzene rings is 8. The lowest BCUT2D eigenvalue weighted by molar-refractivity contribution is 0.563. The Kier molecular flexibility index (Phi) is 7.15. The lowest BCUT2D eigenvalue weighted by Gasteiger charge is -2.46. The summed E-state index contributed by atoms with van der Waals surface area (Å²) < 4.78 is 0. The topological polar surface area (TPSA) is 25.8 Å². The summed E-state index contributed by atoms with van der Waals surface area (Å²) in [6.07, 6.45) is 0. The van der Waals surface area contributed by atoms with Gasteiger partial charge in [-0.1, -0.05) is 202 Å². The minimum atomic E-state index is -0.441. The third-order valence-corrected chi connectivity index (χ3v) is 12.4. The van der Waals surface area contributed by atoms with Crippen LogP contribution in [0.15, 0.2) is 194 Å². The summed E-state index contributed by atoms with van der Waals surface area (Å²) >= 11 is 0. The summed E-state index contributed by atoms with van der Waals surface area (Å²) in [7, 11) is 0. The number of rotatable bonds is 4. The Balaban J connectivity index is 1.17. The average molecular weight is 715 g/mol. The SMILES string of the molecule is CC1(C)c2ccccc2C2(c3ccccc3-c3c(-c4ccc(-c5cc(-c6ccccc6)nc(-c6ccccc6)n5)c5ccccc45)cccc32)c2ccccc21. The van der Waals surface area contributed by atoms with E-state index in [1.165, 1.54) is 61.0 Å². The molecule has 1 heterocycles. The second-order valence-corrected chi connectivity index (χ2v) is 15.6. The lowest BCUT2D eigenvalue weighted by atomic mass is 9.55. The molecule has 0 aliphatic heterocycles. The van der Waals surface area contributed by atoms with Gasteiger partial charge in [0.1, 0.15) is 0 Å². The summed E-state index contributed by atoms with van der Waals surface area (Å²) in [5, 5.41) is 2.36. The van der Waals surface area contributed by atoms with E-state index in [0.29, 0.717) is 5.82 Å². The second-order valence-electron chi connectivity index (χ2n) is 15.6. The van der Waals surface area contributed by atoms with Crippen LogP contribution in [0.4, 0.5) is 0 Å². The van der Waals surface area contributed by atoms with Gasteiger partial charge in [0.2, 0.25) is 0 Å². The fraction of sp³-hybridized carbons (Fsp3) is 0.0741. The first-order valence-corrected chi connectivity index (χ1v) is 19.5. The zero-order valence-electron chi connectivity index (χ0n) is 31.4. The average Bonchev–Trinajstić information content (AvgIpc) is 3.57. The smallest absolute Gasteiger partial charge is 0.160 e. The number of nitrogens with zero attached hydrogens (tertiary/aromatic N) is 2. The Hall–Kier alpha value is -6.90. The Labute approximate surface area is 327 Å². The summed E-state index contributed by atoms with van der Waals surface area (Å²) in [5.41, 5.74) is 17.7. The molecule has 0 radical (unpaired) electrons. The Morgan fingerprint density at radius 2 is 0.821 bits per heavy atom. The first kappa shape index (κ1) is 32.5. The van der Waals surface area contributed by atoms with Gasteiger partial charge in [-0.05, 0) is 72.5 Å². The molecule has 2 heteroatoms. The largest absolute Gasteiger partial charge is 0.228 e. The van der Waals surface area contributed by atoms with Crippen molar-refractivity contribution in [2.75, 3.05) is 0 Å². The minimum Gasteiger partial charge on any atom is -0.228 e. The molecule has 2 aliphatic rings. The van der Waals surface area contributed by atoms with Crippen LogP contribution in [0.2, 0.25) is 0 Å². The van der Waals surface area contributed by atoms with Crippen LogP contribution in [0, 0.1) is 0 Å². The van der Waals surface area contributed by atoms with E-state index < -0.39 is 5.41 Å². The van der Waals surface area contributed by atoms with E-state index in [1.807, 2.05) is 24.3 Å². The number of fused-ring (bicyclic) bond motifs is 10. The molecule has 0 amide bonds. The molecule has 1 aromatic heterocycles. The molecule has 0 unspecified atom stereocenters. The van der Waals surface area contributed by atoms with E-state index in [2.05, 4.69) is 184 Å². The molecule has 0 N–H and O–H groups in total. The predicted octanol–water partition coefficient (Wildman–Crippen LogP) is 13.3. The molecule has 2 aliphatic carbocycles. The van der Waals surface area contributed by atoms with Gasteiger partial charge in [0.25, 0.3) is 0 Å². The fourth-order valence-corrected chi connectivity index (χ4v) is 9.95. The quantitative estimate of drug-likeness (QED) is 0.181. The molecule has 9 aromatic rings. The van der Waals surface area contributed by atoms with Crippen LogP contribution in [-0.2, 0) is 10.8 Å². The summed E-state index contributed by atoms with van der Waals surface area (Å²) in [6.45, 7) is 4.76. The summed E-state index contributed by atoms with van der Waals surface area (Å²) in [5.74, 6) is 0.717. The zero-order valence-corrected chi connectivity index (χ0v) is 31.4. The number of aromatic nitrogens is 2. The van der Waals surface area contributed by atoms with Gasteiger partial charge in [-0.15, -0.1) is 0 Å². The maximum absolute atomic E-state index is 5.24. The van der Waals surface area contributed by atoms with Crippen LogP contribution in [-0.4, -0.2) is 9.97 Å². The minimum absolute atomic E-state index is 0.137. The highest BCUT2D eigenvalue weighted by atomic mass is 14.9. The van der Waals surface area contributed by atoms with Gasteiger partial charge in [-0.3, -0.25) is 0 Å². The standard InChI is InChI=1S/C54H38N2/c1-53(2)44-27-13-15-29-46(44)54(47-30-16-14-28-45(47)53)43-26-12-11-24-42(43)51-41(25-17-31-48(51)54)39-32-33-40(38-23-10-9-22-37(38)39)50-34-49(35-18-5-3-6-19-35)55-52(56-50)36-20-7-4-8-21-36/h3-34H,1-2H3. The van der Waals surface area contributed by atoms with Crippen molar-refractivity contribution < 1.29 is 0 Å². The van der Waals surface area contributed by atoms with E-state index in [1.54, 1.807) is 0 Å². The van der Waals surface area contributed by atoms with Gasteiger partial charge >= 0.3 is 0 Å². The molecule has 11 rings (SSSR count). The van der Waals surface area contributed by atoms with Gasteiger partial charge in [0.15, 0.2) is 5.82 Å². The maximum Gasteiger partial charge on any atom is 0.160 e. The van der Waals surface area contributed by atoms with Gasteiger partial charge in [-0.25, -0.2) is 9.97 Å². The van der Waals surface area contributed by atoms with Gasteiger partial charge in [-0.2, -0.15) is 0 Å². The van der Waals surface area contributed by atoms with Crippen LogP contribution in [0.5, 0.6) is 0 Å². The highest BCUT2D eigenvalue weighted by molar-refractivity contribution is 6.08. The van der Waals surface area contributed by atoms with Crippen LogP contribution < -0.4 is 0 Å². The second kappa shape index (κ2) is 12.3. The van der Waals surface area contributed by atoms with E-state index in [-0.39, 0.29) is 5.41 Å². The van der Waals surface area contributed by atoms with Gasteiger partial charge in [0.05, 0.1) is 16.8 Å². The summed E-state index contributed by atoms with van der Waals surface area (Å²) in [4.78, 5) is 10.3. The molecule has 8 aromatic carbocycles. The van der Waals surface area contributed by atoms with Crippen molar-refractivity contribution in [3.63, 3.8) is 0 Å². The van der Waals surface area contributed by atoms with Crippen molar-refractivity contribution in [3.05, 3.63) is 228 Å². The van der Waals surface area contributed by atoms with E-state index in [9.17, 15) is 0 Å². The van der Waals surface area contributed by atoms with Crippen molar-refractivity contribution in [3.8, 4) is 56.2 Å². The Morgan fingerprint density at radius 1 is 0.339 bits per heavy atom. The normalized spacial score (nSPS) is 14.2. The fourth-order valence-electron chi connectivity index (χ4n) is 9.95. The molecular formula is C54H38N2. The molecule has 0 bridgehead atoms. The third-order valence-electron chi connectivity index (χ3n) is 12.4. The van der Waals surface area contributed by atoms with E-state index in [0.717, 1.165) is 33.5 Å². The zero-order chi connectivity index (χ0) is 37.4. The van der Waals surface area contributed by atoms with Crippen molar-refractivity contribution >= 4 is 10.8 Å². The Morgan fingerprint density at radius 3 is 1.50 bits per heavy atom. The molecule has 56 heavy (non-hydrogen) atoms. The Bertz CT molecular complexity index is 2890. The molecule has 0 saturated heterocycles. The highest BCUT2D eigenvalue weighted by Crippen LogP contribution is 2.63. The first-order valence-electron chi connectivity index (χ1n) is 19.5. The molecule has 264 valence electrons. The van der Waals surface area contributed by atoms with Crippen molar-refractivity contribution in [2.24, 2.45) is 0 Å². The number of hydrogen-bond acceptors (Lipinski definition) is 2. The number of hydrogen-bond donors (Lipinski definition) is 0. The van der Waals surface area contributed by atoms with E-state index in [4.69, 9.17) is 9.97 Å². The van der Waals surface area contributed by atoms with Crippen molar-refractivity contribution in [1.82, 2.24) is 9.97 Å². The van der Waals surface area contributed by atoms with Crippen LogP contribution in [0.1, 0.15) is 47.2 Å².